The minimum absolute atomic E-state index is 0.0790. The van der Waals surface area contributed by atoms with Crippen LogP contribution in [0.1, 0.15) is 20.3 Å². The number of benzene rings is 1. The lowest BCUT2D eigenvalue weighted by Crippen LogP contribution is -2.13. The first-order valence-corrected chi connectivity index (χ1v) is 7.34. The van der Waals surface area contributed by atoms with Crippen molar-refractivity contribution in [2.75, 3.05) is 19.0 Å². The van der Waals surface area contributed by atoms with Gasteiger partial charge in [0.1, 0.15) is 5.75 Å². The number of hydrogen-bond donors (Lipinski definition) is 2. The van der Waals surface area contributed by atoms with Crippen molar-refractivity contribution in [3.8, 4) is 5.75 Å². The van der Waals surface area contributed by atoms with Crippen LogP contribution in [-0.2, 0) is 10.0 Å². The van der Waals surface area contributed by atoms with Gasteiger partial charge in [-0.2, -0.15) is 0 Å². The number of ether oxygens (including phenoxy) is 1. The van der Waals surface area contributed by atoms with Crippen molar-refractivity contribution in [2.45, 2.75) is 25.2 Å². The van der Waals surface area contributed by atoms with E-state index in [9.17, 15) is 8.42 Å². The van der Waals surface area contributed by atoms with Crippen LogP contribution in [0.15, 0.2) is 23.1 Å². The van der Waals surface area contributed by atoms with E-state index in [-0.39, 0.29) is 4.90 Å². The second-order valence-corrected chi connectivity index (χ2v) is 6.08. The first kappa shape index (κ1) is 14.8. The van der Waals surface area contributed by atoms with Crippen molar-refractivity contribution < 1.29 is 13.2 Å². The van der Waals surface area contributed by atoms with E-state index in [0.717, 1.165) is 13.0 Å². The van der Waals surface area contributed by atoms with Gasteiger partial charge < -0.3 is 10.1 Å². The van der Waals surface area contributed by atoms with Crippen LogP contribution >= 0.6 is 0 Å². The number of methoxy groups -OCH3 is 1. The Hall–Kier alpha value is -1.27. The van der Waals surface area contributed by atoms with Gasteiger partial charge >= 0.3 is 0 Å². The maximum Gasteiger partial charge on any atom is 0.238 e. The third kappa shape index (κ3) is 4.19. The summed E-state index contributed by atoms with van der Waals surface area (Å²) >= 11 is 0. The summed E-state index contributed by atoms with van der Waals surface area (Å²) in [6.45, 7) is 5.00. The van der Waals surface area contributed by atoms with Crippen molar-refractivity contribution in [1.29, 1.82) is 0 Å². The van der Waals surface area contributed by atoms with Crippen molar-refractivity contribution in [3.63, 3.8) is 0 Å². The Morgan fingerprint density at radius 1 is 1.39 bits per heavy atom. The number of anilines is 1. The van der Waals surface area contributed by atoms with Crippen LogP contribution in [0.3, 0.4) is 0 Å². The van der Waals surface area contributed by atoms with E-state index in [0.29, 0.717) is 17.4 Å². The molecule has 0 atom stereocenters. The Morgan fingerprint density at radius 3 is 2.56 bits per heavy atom. The van der Waals surface area contributed by atoms with Crippen molar-refractivity contribution in [2.24, 2.45) is 11.1 Å². The van der Waals surface area contributed by atoms with Gasteiger partial charge in [0, 0.05) is 6.54 Å². The molecule has 1 aromatic rings. The normalized spacial score (nSPS) is 11.6. The standard InChI is InChI=1S/C12H20N2O3S/c1-9(2)6-7-14-11-8-10(18(13,15)16)4-5-12(11)17-3/h4-5,8-9,14H,6-7H2,1-3H3,(H2,13,15,16). The van der Waals surface area contributed by atoms with Gasteiger partial charge in [0.25, 0.3) is 0 Å². The lowest BCUT2D eigenvalue weighted by Gasteiger charge is -2.13. The molecule has 5 nitrogen and oxygen atoms in total. The van der Waals surface area contributed by atoms with Gasteiger partial charge in [-0.05, 0) is 30.5 Å². The van der Waals surface area contributed by atoms with Gasteiger partial charge in [0.05, 0.1) is 17.7 Å². The maximum absolute atomic E-state index is 11.3. The largest absolute Gasteiger partial charge is 0.495 e. The fraction of sp³-hybridized carbons (Fsp3) is 0.500. The van der Waals surface area contributed by atoms with Crippen LogP contribution in [0.25, 0.3) is 0 Å². The van der Waals surface area contributed by atoms with E-state index in [4.69, 9.17) is 9.88 Å². The molecule has 6 heteroatoms. The van der Waals surface area contributed by atoms with Crippen molar-refractivity contribution in [1.82, 2.24) is 0 Å². The summed E-state index contributed by atoms with van der Waals surface area (Å²) in [5, 5.41) is 8.26. The van der Waals surface area contributed by atoms with E-state index < -0.39 is 10.0 Å². The second kappa shape index (κ2) is 6.06. The van der Waals surface area contributed by atoms with Crippen molar-refractivity contribution in [3.05, 3.63) is 18.2 Å². The minimum Gasteiger partial charge on any atom is -0.495 e. The van der Waals surface area contributed by atoms with E-state index in [1.807, 2.05) is 0 Å². The molecule has 0 amide bonds. The lowest BCUT2D eigenvalue weighted by molar-refractivity contribution is 0.416. The number of rotatable bonds is 6. The fourth-order valence-corrected chi connectivity index (χ4v) is 2.04. The molecule has 0 spiro atoms. The average Bonchev–Trinajstić information content (AvgIpc) is 2.27. The summed E-state index contributed by atoms with van der Waals surface area (Å²) in [6, 6.07) is 4.52. The molecule has 0 aromatic heterocycles. The van der Waals surface area contributed by atoms with Crippen LogP contribution in [0.2, 0.25) is 0 Å². The summed E-state index contributed by atoms with van der Waals surface area (Å²) in [4.78, 5) is 0.0790. The molecular formula is C12H20N2O3S. The third-order valence-corrected chi connectivity index (χ3v) is 3.45. The summed E-state index contributed by atoms with van der Waals surface area (Å²) in [6.07, 6.45) is 0.989. The van der Waals surface area contributed by atoms with Crippen LogP contribution in [0.5, 0.6) is 5.75 Å². The summed E-state index contributed by atoms with van der Waals surface area (Å²) in [7, 11) is -2.15. The van der Waals surface area contributed by atoms with Gasteiger partial charge in [0.15, 0.2) is 0 Å². The highest BCUT2D eigenvalue weighted by Gasteiger charge is 2.11. The quantitative estimate of drug-likeness (QED) is 0.827. The summed E-state index contributed by atoms with van der Waals surface area (Å²) in [5.74, 6) is 1.18. The Morgan fingerprint density at radius 2 is 2.06 bits per heavy atom. The number of primary sulfonamides is 1. The molecule has 3 N–H and O–H groups in total. The topological polar surface area (TPSA) is 81.4 Å². The van der Waals surface area contributed by atoms with E-state index in [1.165, 1.54) is 12.1 Å². The number of sulfonamides is 1. The van der Waals surface area contributed by atoms with Crippen molar-refractivity contribution >= 4 is 15.7 Å². The zero-order valence-electron chi connectivity index (χ0n) is 10.9. The maximum atomic E-state index is 11.3. The number of nitrogens with two attached hydrogens (primary N) is 1. The molecule has 0 aliphatic heterocycles. The molecule has 0 unspecified atom stereocenters. The van der Waals surface area contributed by atoms with Gasteiger partial charge in [-0.15, -0.1) is 0 Å². The van der Waals surface area contributed by atoms with Crippen LogP contribution in [-0.4, -0.2) is 22.1 Å². The number of nitrogens with one attached hydrogen (secondary N) is 1. The molecule has 0 aliphatic carbocycles. The predicted octanol–water partition coefficient (Wildman–Crippen LogP) is 1.80. The Kier molecular flexibility index (Phi) is 4.98. The average molecular weight is 272 g/mol. The second-order valence-electron chi connectivity index (χ2n) is 4.52. The van der Waals surface area contributed by atoms with E-state index in [2.05, 4.69) is 19.2 Å². The highest BCUT2D eigenvalue weighted by atomic mass is 32.2. The third-order valence-electron chi connectivity index (χ3n) is 2.54. The lowest BCUT2D eigenvalue weighted by atomic mass is 10.1. The van der Waals surface area contributed by atoms with Gasteiger partial charge in [-0.3, -0.25) is 0 Å². The Labute approximate surface area is 108 Å². The molecule has 0 saturated heterocycles. The molecule has 0 heterocycles. The smallest absolute Gasteiger partial charge is 0.238 e. The summed E-state index contributed by atoms with van der Waals surface area (Å²) in [5.41, 5.74) is 0.643. The van der Waals surface area contributed by atoms with Gasteiger partial charge in [-0.1, -0.05) is 13.8 Å². The zero-order valence-corrected chi connectivity index (χ0v) is 11.8. The van der Waals surface area contributed by atoms with E-state index >= 15 is 0 Å². The van der Waals surface area contributed by atoms with Crippen LogP contribution in [0.4, 0.5) is 5.69 Å². The molecule has 0 fully saturated rings. The molecule has 102 valence electrons. The Balaban J connectivity index is 2.93. The first-order chi connectivity index (χ1) is 8.34. The first-order valence-electron chi connectivity index (χ1n) is 5.79. The highest BCUT2D eigenvalue weighted by molar-refractivity contribution is 7.89. The molecule has 1 rings (SSSR count). The predicted molar refractivity (Wildman–Crippen MR) is 72.3 cm³/mol. The molecule has 0 aliphatic rings. The SMILES string of the molecule is COc1ccc(S(N)(=O)=O)cc1NCCC(C)C. The van der Waals surface area contributed by atoms with Crippen LogP contribution in [0, 0.1) is 5.92 Å². The molecule has 0 bridgehead atoms. The molecular weight excluding hydrogens is 252 g/mol. The van der Waals surface area contributed by atoms with Crippen LogP contribution < -0.4 is 15.2 Å². The number of hydrogen-bond acceptors (Lipinski definition) is 4. The highest BCUT2D eigenvalue weighted by Crippen LogP contribution is 2.27. The zero-order chi connectivity index (χ0) is 13.8. The molecule has 1 aromatic carbocycles. The van der Waals surface area contributed by atoms with Gasteiger partial charge in [-0.25, -0.2) is 13.6 Å². The van der Waals surface area contributed by atoms with E-state index in [1.54, 1.807) is 13.2 Å². The molecule has 0 radical (unpaired) electrons. The van der Waals surface area contributed by atoms with Gasteiger partial charge in [0.2, 0.25) is 10.0 Å². The Bertz CT molecular complexity index is 498. The fourth-order valence-electron chi connectivity index (χ4n) is 1.50. The monoisotopic (exact) mass is 272 g/mol. The molecule has 0 saturated carbocycles. The summed E-state index contributed by atoms with van der Waals surface area (Å²) < 4.78 is 27.7. The minimum atomic E-state index is -3.69. The molecule has 18 heavy (non-hydrogen) atoms.